The van der Waals surface area contributed by atoms with E-state index in [1.165, 1.54) is 24.3 Å². The Balaban J connectivity index is 1.88. The molecule has 1 amide bonds. The smallest absolute Gasteiger partial charge is 0.277 e. The Kier molecular flexibility index (Phi) is 5.49. The van der Waals surface area contributed by atoms with Gasteiger partial charge in [0.15, 0.2) is 6.61 Å². The van der Waals surface area contributed by atoms with E-state index in [9.17, 15) is 9.18 Å². The minimum atomic E-state index is -0.421. The molecule has 4 nitrogen and oxygen atoms in total. The van der Waals surface area contributed by atoms with Crippen LogP contribution in [0.1, 0.15) is 12.5 Å². The second-order valence-electron chi connectivity index (χ2n) is 4.45. The quantitative estimate of drug-likeness (QED) is 0.678. The average Bonchev–Trinajstić information content (AvgIpc) is 2.52. The molecule has 2 aromatic carbocycles. The number of nitrogens with zero attached hydrogens (tertiary/aromatic N) is 1. The second-order valence-corrected chi connectivity index (χ2v) is 4.86. The summed E-state index contributed by atoms with van der Waals surface area (Å²) in [5.74, 6) is -0.379. The van der Waals surface area contributed by atoms with E-state index in [1.807, 2.05) is 18.2 Å². The van der Waals surface area contributed by atoms with Crippen molar-refractivity contribution in [2.75, 3.05) is 6.61 Å². The molecular formula is C16H14ClFN2O2. The Morgan fingerprint density at radius 3 is 2.59 bits per heavy atom. The fourth-order valence-corrected chi connectivity index (χ4v) is 1.95. The number of halogens is 2. The highest BCUT2D eigenvalue weighted by Gasteiger charge is 2.05. The largest absolute Gasteiger partial charge is 0.484 e. The van der Waals surface area contributed by atoms with Gasteiger partial charge in [-0.15, -0.1) is 0 Å². The first-order valence-electron chi connectivity index (χ1n) is 6.52. The minimum Gasteiger partial charge on any atom is -0.484 e. The van der Waals surface area contributed by atoms with Crippen LogP contribution in [0.5, 0.6) is 5.75 Å². The van der Waals surface area contributed by atoms with Crippen molar-refractivity contribution in [2.24, 2.45) is 5.10 Å². The Hall–Kier alpha value is -2.40. The number of benzene rings is 2. The molecule has 0 atom stereocenters. The Morgan fingerprint density at radius 2 is 1.91 bits per heavy atom. The summed E-state index contributed by atoms with van der Waals surface area (Å²) >= 11 is 6.04. The third kappa shape index (κ3) is 4.56. The van der Waals surface area contributed by atoms with Gasteiger partial charge in [-0.2, -0.15) is 5.10 Å². The topological polar surface area (TPSA) is 50.7 Å². The number of ether oxygens (including phenoxy) is 1. The van der Waals surface area contributed by atoms with Crippen molar-refractivity contribution < 1.29 is 13.9 Å². The fraction of sp³-hybridized carbons (Fsp3) is 0.125. The van der Waals surface area contributed by atoms with Crippen molar-refractivity contribution in [1.82, 2.24) is 5.43 Å². The zero-order valence-electron chi connectivity index (χ0n) is 11.8. The molecule has 22 heavy (non-hydrogen) atoms. The summed E-state index contributed by atoms with van der Waals surface area (Å²) in [7, 11) is 0. The van der Waals surface area contributed by atoms with Crippen LogP contribution in [0.3, 0.4) is 0 Å². The van der Waals surface area contributed by atoms with E-state index in [0.717, 1.165) is 5.56 Å². The lowest BCUT2D eigenvalue weighted by atomic mass is 10.1. The van der Waals surface area contributed by atoms with Gasteiger partial charge < -0.3 is 4.74 Å². The predicted molar refractivity (Wildman–Crippen MR) is 83.7 cm³/mol. The maximum atomic E-state index is 12.7. The molecule has 1 N–H and O–H groups in total. The number of amides is 1. The Morgan fingerprint density at radius 1 is 1.23 bits per heavy atom. The van der Waals surface area contributed by atoms with Gasteiger partial charge in [0.2, 0.25) is 0 Å². The minimum absolute atomic E-state index is 0.217. The average molecular weight is 321 g/mol. The first kappa shape index (κ1) is 16.0. The molecule has 0 unspecified atom stereocenters. The maximum absolute atomic E-state index is 12.7. The highest BCUT2D eigenvalue weighted by molar-refractivity contribution is 6.34. The summed E-state index contributed by atoms with van der Waals surface area (Å²) < 4.78 is 17.9. The van der Waals surface area contributed by atoms with E-state index < -0.39 is 5.91 Å². The molecule has 0 radical (unpaired) electrons. The molecule has 0 bridgehead atoms. The summed E-state index contributed by atoms with van der Waals surface area (Å²) in [6.07, 6.45) is 0. The highest BCUT2D eigenvalue weighted by Crippen LogP contribution is 2.15. The van der Waals surface area contributed by atoms with Gasteiger partial charge in [0.25, 0.3) is 5.91 Å². The molecular weight excluding hydrogens is 307 g/mol. The number of hydrazone groups is 1. The summed E-state index contributed by atoms with van der Waals surface area (Å²) in [6, 6.07) is 12.6. The summed E-state index contributed by atoms with van der Waals surface area (Å²) in [5.41, 5.74) is 3.70. The van der Waals surface area contributed by atoms with E-state index in [1.54, 1.807) is 13.0 Å². The van der Waals surface area contributed by atoms with Crippen LogP contribution in [0.15, 0.2) is 53.6 Å². The second kappa shape index (κ2) is 7.56. The van der Waals surface area contributed by atoms with Crippen molar-refractivity contribution in [3.63, 3.8) is 0 Å². The molecule has 0 spiro atoms. The maximum Gasteiger partial charge on any atom is 0.277 e. The number of carbonyl (C=O) groups excluding carboxylic acids is 1. The summed E-state index contributed by atoms with van der Waals surface area (Å²) in [5, 5.41) is 4.53. The highest BCUT2D eigenvalue weighted by atomic mass is 35.5. The number of carbonyl (C=O) groups is 1. The first-order valence-corrected chi connectivity index (χ1v) is 6.90. The van der Waals surface area contributed by atoms with Crippen LogP contribution < -0.4 is 10.2 Å². The standard InChI is InChI=1S/C16H14ClFN2O2/c1-11(14-4-2-3-5-15(14)17)19-20-16(21)10-22-13-8-6-12(18)7-9-13/h2-9H,10H2,1H3,(H,20,21)/b19-11-. The van der Waals surface area contributed by atoms with E-state index >= 15 is 0 Å². The molecule has 2 aromatic rings. The lowest BCUT2D eigenvalue weighted by Crippen LogP contribution is -2.25. The third-order valence-electron chi connectivity index (χ3n) is 2.80. The molecule has 114 valence electrons. The SMILES string of the molecule is C/C(=N/NC(=O)COc1ccc(F)cc1)c1ccccc1Cl. The number of hydrogen-bond acceptors (Lipinski definition) is 3. The van der Waals surface area contributed by atoms with Gasteiger partial charge in [0, 0.05) is 10.6 Å². The van der Waals surface area contributed by atoms with Gasteiger partial charge in [0.05, 0.1) is 5.71 Å². The molecule has 0 heterocycles. The molecule has 0 fully saturated rings. The van der Waals surface area contributed by atoms with E-state index in [-0.39, 0.29) is 12.4 Å². The van der Waals surface area contributed by atoms with Gasteiger partial charge >= 0.3 is 0 Å². The van der Waals surface area contributed by atoms with Crippen LogP contribution >= 0.6 is 11.6 Å². The molecule has 0 aromatic heterocycles. The van der Waals surface area contributed by atoms with Gasteiger partial charge in [0.1, 0.15) is 11.6 Å². The fourth-order valence-electron chi connectivity index (χ4n) is 1.67. The van der Waals surface area contributed by atoms with E-state index in [4.69, 9.17) is 16.3 Å². The van der Waals surface area contributed by atoms with E-state index in [2.05, 4.69) is 10.5 Å². The molecule has 0 saturated carbocycles. The zero-order chi connectivity index (χ0) is 15.9. The zero-order valence-corrected chi connectivity index (χ0v) is 12.6. The normalized spacial score (nSPS) is 11.1. The van der Waals surface area contributed by atoms with E-state index in [0.29, 0.717) is 16.5 Å². The number of rotatable bonds is 5. The number of hydrogen-bond donors (Lipinski definition) is 1. The van der Waals surface area contributed by atoms with Crippen molar-refractivity contribution in [2.45, 2.75) is 6.92 Å². The lowest BCUT2D eigenvalue weighted by molar-refractivity contribution is -0.123. The molecule has 2 rings (SSSR count). The molecule has 0 aliphatic heterocycles. The van der Waals surface area contributed by atoms with Crippen molar-refractivity contribution in [3.8, 4) is 5.75 Å². The molecule has 0 aliphatic carbocycles. The molecule has 6 heteroatoms. The van der Waals surface area contributed by atoms with Crippen molar-refractivity contribution >= 4 is 23.2 Å². The Bertz CT molecular complexity index is 687. The van der Waals surface area contributed by atoms with Crippen LogP contribution in [0.25, 0.3) is 0 Å². The van der Waals surface area contributed by atoms with Crippen LogP contribution in [-0.4, -0.2) is 18.2 Å². The molecule has 0 saturated heterocycles. The van der Waals surface area contributed by atoms with Gasteiger partial charge in [-0.3, -0.25) is 4.79 Å². The summed E-state index contributed by atoms with van der Waals surface area (Å²) in [6.45, 7) is 1.52. The third-order valence-corrected chi connectivity index (χ3v) is 3.13. The van der Waals surface area contributed by atoms with Crippen LogP contribution in [-0.2, 0) is 4.79 Å². The van der Waals surface area contributed by atoms with Crippen LogP contribution in [0.4, 0.5) is 4.39 Å². The Labute approximate surface area is 132 Å². The molecule has 0 aliphatic rings. The number of nitrogens with one attached hydrogen (secondary N) is 1. The van der Waals surface area contributed by atoms with Gasteiger partial charge in [-0.25, -0.2) is 9.82 Å². The first-order chi connectivity index (χ1) is 10.6. The summed E-state index contributed by atoms with van der Waals surface area (Å²) in [4.78, 5) is 11.7. The predicted octanol–water partition coefficient (Wildman–Crippen LogP) is 3.40. The van der Waals surface area contributed by atoms with Crippen LogP contribution in [0, 0.1) is 5.82 Å². The van der Waals surface area contributed by atoms with Crippen molar-refractivity contribution in [1.29, 1.82) is 0 Å². The monoisotopic (exact) mass is 320 g/mol. The lowest BCUT2D eigenvalue weighted by Gasteiger charge is -2.06. The van der Waals surface area contributed by atoms with Gasteiger partial charge in [-0.05, 0) is 37.3 Å². The van der Waals surface area contributed by atoms with Crippen molar-refractivity contribution in [3.05, 3.63) is 64.9 Å². The van der Waals surface area contributed by atoms with Crippen LogP contribution in [0.2, 0.25) is 5.02 Å². The van der Waals surface area contributed by atoms with Gasteiger partial charge in [-0.1, -0.05) is 29.8 Å².